The highest BCUT2D eigenvalue weighted by atomic mass is 16.5. The Labute approximate surface area is 236 Å². The number of carbonyl (C=O) groups excluding carboxylic acids is 2. The van der Waals surface area contributed by atoms with Crippen molar-refractivity contribution in [1.29, 1.82) is 0 Å². The molecular formula is C30H43N5O5. The molecule has 2 aliphatic rings. The zero-order valence-corrected chi connectivity index (χ0v) is 23.5. The molecule has 1 aliphatic heterocycles. The second-order valence-corrected chi connectivity index (χ2v) is 11.2. The highest BCUT2D eigenvalue weighted by Crippen LogP contribution is 2.49. The number of aromatic amines is 1. The number of ether oxygens (including phenoxy) is 1. The van der Waals surface area contributed by atoms with Crippen LogP contribution in [0.2, 0.25) is 0 Å². The number of rotatable bonds is 12. The van der Waals surface area contributed by atoms with Crippen LogP contribution in [0.3, 0.4) is 0 Å². The molecule has 1 aromatic carbocycles. The van der Waals surface area contributed by atoms with Crippen LogP contribution in [0, 0.1) is 11.3 Å². The van der Waals surface area contributed by atoms with Gasteiger partial charge in [-0.05, 0) is 61.1 Å². The minimum absolute atomic E-state index is 0.0296. The van der Waals surface area contributed by atoms with E-state index in [4.69, 9.17) is 4.74 Å². The summed E-state index contributed by atoms with van der Waals surface area (Å²) in [5, 5.41) is 15.2. The van der Waals surface area contributed by atoms with Crippen molar-refractivity contribution in [3.63, 3.8) is 0 Å². The van der Waals surface area contributed by atoms with Crippen LogP contribution < -0.4 is 15.4 Å². The molecule has 40 heavy (non-hydrogen) atoms. The smallest absolute Gasteiger partial charge is 0.315 e. The second kappa shape index (κ2) is 14.2. The predicted molar refractivity (Wildman–Crippen MR) is 151 cm³/mol. The molecule has 2 heterocycles. The third-order valence-electron chi connectivity index (χ3n) is 8.80. The van der Waals surface area contributed by atoms with Crippen LogP contribution in [0.4, 0.5) is 4.79 Å². The van der Waals surface area contributed by atoms with Gasteiger partial charge in [0.2, 0.25) is 5.91 Å². The van der Waals surface area contributed by atoms with Crippen LogP contribution in [-0.4, -0.2) is 70.7 Å². The topological polar surface area (TPSA) is 137 Å². The van der Waals surface area contributed by atoms with Gasteiger partial charge in [-0.2, -0.15) is 0 Å². The van der Waals surface area contributed by atoms with Gasteiger partial charge in [0.05, 0.1) is 19.1 Å². The van der Waals surface area contributed by atoms with Gasteiger partial charge in [-0.15, -0.1) is 0 Å². The first-order valence-corrected chi connectivity index (χ1v) is 14.5. The number of aliphatic carboxylic acids is 1. The van der Waals surface area contributed by atoms with Gasteiger partial charge >= 0.3 is 12.0 Å². The van der Waals surface area contributed by atoms with E-state index in [0.717, 1.165) is 42.7 Å². The maximum absolute atomic E-state index is 13.8. The Hall–Kier alpha value is -3.56. The molecule has 3 amide bonds. The number of nitrogens with one attached hydrogen (secondary N) is 3. The molecule has 0 unspecified atom stereocenters. The number of nitrogens with zero attached hydrogens (tertiary/aromatic N) is 2. The standard InChI is InChI=1S/C30H43N5O5/c1-40-25-9-7-22(8-10-25)19-26(34-29(39)32-16-12-24-20-31-21-33-24)28(38)35-17-14-30(15-18-35,13-11-27(36)37)23-5-3-2-4-6-23/h7-10,20-21,23,26H,2-6,11-19H2,1H3,(H,31,33)(H,36,37)(H2,32,34,39)/t26-/m0/s1. The molecular weight excluding hydrogens is 510 g/mol. The SMILES string of the molecule is COc1ccc(C[C@H](NC(=O)NCCc2c[nH]cn2)C(=O)N2CCC(CCC(=O)O)(C3CCCCC3)CC2)cc1. The fourth-order valence-electron chi connectivity index (χ4n) is 6.46. The highest BCUT2D eigenvalue weighted by molar-refractivity contribution is 5.87. The maximum Gasteiger partial charge on any atom is 0.315 e. The average molecular weight is 554 g/mol. The number of hydrogen-bond acceptors (Lipinski definition) is 5. The summed E-state index contributed by atoms with van der Waals surface area (Å²) in [6.45, 7) is 1.56. The van der Waals surface area contributed by atoms with Crippen LogP contribution in [-0.2, 0) is 22.4 Å². The number of H-pyrrole nitrogens is 1. The first-order chi connectivity index (χ1) is 19.4. The van der Waals surface area contributed by atoms with Gasteiger partial charge in [0.25, 0.3) is 0 Å². The summed E-state index contributed by atoms with van der Waals surface area (Å²) in [4.78, 5) is 47.0. The molecule has 1 atom stereocenters. The number of imidazole rings is 1. The molecule has 1 saturated heterocycles. The molecule has 10 heteroatoms. The normalized spacial score (nSPS) is 18.1. The van der Waals surface area contributed by atoms with E-state index in [-0.39, 0.29) is 17.7 Å². The van der Waals surface area contributed by atoms with Crippen molar-refractivity contribution in [2.45, 2.75) is 76.7 Å². The fraction of sp³-hybridized carbons (Fsp3) is 0.600. The first-order valence-electron chi connectivity index (χ1n) is 14.5. The molecule has 1 aliphatic carbocycles. The van der Waals surface area contributed by atoms with E-state index < -0.39 is 18.0 Å². The summed E-state index contributed by atoms with van der Waals surface area (Å²) in [5.41, 5.74) is 1.74. The van der Waals surface area contributed by atoms with Crippen molar-refractivity contribution in [2.75, 3.05) is 26.7 Å². The molecule has 1 aromatic heterocycles. The van der Waals surface area contributed by atoms with Crippen LogP contribution in [0.1, 0.15) is 69.0 Å². The molecule has 10 nitrogen and oxygen atoms in total. The third-order valence-corrected chi connectivity index (χ3v) is 8.80. The summed E-state index contributed by atoms with van der Waals surface area (Å²) in [6.07, 6.45) is 12.7. The second-order valence-electron chi connectivity index (χ2n) is 11.2. The Kier molecular flexibility index (Phi) is 10.4. The first kappa shape index (κ1) is 29.4. The van der Waals surface area contributed by atoms with E-state index in [1.54, 1.807) is 19.6 Å². The number of methoxy groups -OCH3 is 1. The number of urea groups is 1. The molecule has 0 spiro atoms. The van der Waals surface area contributed by atoms with Gasteiger partial charge < -0.3 is 30.4 Å². The number of amides is 3. The van der Waals surface area contributed by atoms with Crippen molar-refractivity contribution >= 4 is 17.9 Å². The number of benzene rings is 1. The van der Waals surface area contributed by atoms with Crippen molar-refractivity contribution < 1.29 is 24.2 Å². The monoisotopic (exact) mass is 553 g/mol. The van der Waals surface area contributed by atoms with Gasteiger partial charge in [-0.1, -0.05) is 31.4 Å². The maximum atomic E-state index is 13.8. The van der Waals surface area contributed by atoms with E-state index in [1.807, 2.05) is 29.2 Å². The number of likely N-dealkylation sites (tertiary alicyclic amines) is 1. The Bertz CT molecular complexity index is 1090. The molecule has 0 bridgehead atoms. The number of hydrogen-bond donors (Lipinski definition) is 4. The molecule has 218 valence electrons. The molecule has 2 fully saturated rings. The molecule has 0 radical (unpaired) electrons. The number of piperidine rings is 1. The van der Waals surface area contributed by atoms with Crippen LogP contribution >= 0.6 is 0 Å². The minimum atomic E-state index is -0.754. The lowest BCUT2D eigenvalue weighted by molar-refractivity contribution is -0.140. The summed E-state index contributed by atoms with van der Waals surface area (Å²) in [5.74, 6) is 0.392. The lowest BCUT2D eigenvalue weighted by atomic mass is 9.61. The fourth-order valence-corrected chi connectivity index (χ4v) is 6.46. The van der Waals surface area contributed by atoms with E-state index in [9.17, 15) is 19.5 Å². The van der Waals surface area contributed by atoms with Crippen LogP contribution in [0.15, 0.2) is 36.8 Å². The van der Waals surface area contributed by atoms with Gasteiger partial charge in [0.1, 0.15) is 11.8 Å². The molecule has 1 saturated carbocycles. The lowest BCUT2D eigenvalue weighted by Crippen LogP contribution is -2.55. The Morgan fingerprint density at radius 2 is 1.88 bits per heavy atom. The van der Waals surface area contributed by atoms with E-state index in [2.05, 4.69) is 20.6 Å². The number of carboxylic acids is 1. The lowest BCUT2D eigenvalue weighted by Gasteiger charge is -2.48. The van der Waals surface area contributed by atoms with Crippen LogP contribution in [0.25, 0.3) is 0 Å². The average Bonchev–Trinajstić information content (AvgIpc) is 3.50. The van der Waals surface area contributed by atoms with Gasteiger partial charge in [0, 0.05) is 45.1 Å². The zero-order valence-electron chi connectivity index (χ0n) is 23.5. The van der Waals surface area contributed by atoms with Crippen LogP contribution in [0.5, 0.6) is 5.75 Å². The molecule has 2 aromatic rings. The summed E-state index contributed by atoms with van der Waals surface area (Å²) in [6, 6.07) is 6.40. The van der Waals surface area contributed by atoms with Crippen molar-refractivity contribution in [3.05, 3.63) is 48.0 Å². The Morgan fingerprint density at radius 3 is 2.50 bits per heavy atom. The van der Waals surface area contributed by atoms with Gasteiger partial charge in [-0.25, -0.2) is 9.78 Å². The number of carboxylic acid groups (broad SMARTS) is 1. The molecule has 4 rings (SSSR count). The number of carbonyl (C=O) groups is 3. The quantitative estimate of drug-likeness (QED) is 0.314. The van der Waals surface area contributed by atoms with E-state index >= 15 is 0 Å². The predicted octanol–water partition coefficient (Wildman–Crippen LogP) is 3.93. The third kappa shape index (κ3) is 7.99. The van der Waals surface area contributed by atoms with Gasteiger partial charge in [-0.3, -0.25) is 9.59 Å². The van der Waals surface area contributed by atoms with E-state index in [1.165, 1.54) is 19.3 Å². The van der Waals surface area contributed by atoms with Crippen molar-refractivity contribution in [3.8, 4) is 5.75 Å². The Balaban J connectivity index is 1.41. The summed E-state index contributed by atoms with van der Waals surface area (Å²) in [7, 11) is 1.61. The molecule has 4 N–H and O–H groups in total. The van der Waals surface area contributed by atoms with E-state index in [0.29, 0.717) is 44.8 Å². The minimum Gasteiger partial charge on any atom is -0.497 e. The zero-order chi connectivity index (χ0) is 28.4. The highest BCUT2D eigenvalue weighted by Gasteiger charge is 2.43. The summed E-state index contributed by atoms with van der Waals surface area (Å²) >= 11 is 0. The largest absolute Gasteiger partial charge is 0.497 e. The van der Waals surface area contributed by atoms with Crippen molar-refractivity contribution in [2.24, 2.45) is 11.3 Å². The van der Waals surface area contributed by atoms with Gasteiger partial charge in [0.15, 0.2) is 0 Å². The number of aromatic nitrogens is 2. The summed E-state index contributed by atoms with van der Waals surface area (Å²) < 4.78 is 5.26. The van der Waals surface area contributed by atoms with Crippen molar-refractivity contribution in [1.82, 2.24) is 25.5 Å². The Morgan fingerprint density at radius 1 is 1.15 bits per heavy atom.